The fourth-order valence-corrected chi connectivity index (χ4v) is 5.27. The molecular formula is C28H37NO2S. The van der Waals surface area contributed by atoms with Gasteiger partial charge in [-0.1, -0.05) is 82.5 Å². The minimum Gasteiger partial charge on any atom is -0.342 e. The van der Waals surface area contributed by atoms with Crippen molar-refractivity contribution in [1.82, 2.24) is 5.32 Å². The smallest absolute Gasteiger partial charge is 0.251 e. The lowest BCUT2D eigenvalue weighted by Gasteiger charge is -2.30. The number of rotatable bonds is 9. The second kappa shape index (κ2) is 11.7. The van der Waals surface area contributed by atoms with Gasteiger partial charge in [0.15, 0.2) is 5.78 Å². The van der Waals surface area contributed by atoms with E-state index in [-0.39, 0.29) is 29.1 Å². The summed E-state index contributed by atoms with van der Waals surface area (Å²) in [6.45, 7) is 6.67. The number of carbonyl (C=O) groups is 2. The maximum Gasteiger partial charge on any atom is 0.251 e. The Morgan fingerprint density at radius 1 is 0.969 bits per heavy atom. The van der Waals surface area contributed by atoms with Gasteiger partial charge in [0.05, 0.1) is 11.8 Å². The van der Waals surface area contributed by atoms with E-state index in [1.165, 1.54) is 17.5 Å². The first kappa shape index (κ1) is 24.6. The molecule has 4 heteroatoms. The highest BCUT2D eigenvalue weighted by atomic mass is 32.2. The van der Waals surface area contributed by atoms with Crippen LogP contribution >= 0.6 is 11.8 Å². The third kappa shape index (κ3) is 7.23. The van der Waals surface area contributed by atoms with Crippen molar-refractivity contribution in [2.45, 2.75) is 70.8 Å². The van der Waals surface area contributed by atoms with Crippen LogP contribution in [0.3, 0.4) is 0 Å². The van der Waals surface area contributed by atoms with Gasteiger partial charge in [-0.15, -0.1) is 0 Å². The predicted octanol–water partition coefficient (Wildman–Crippen LogP) is 6.21. The number of hydrogen-bond acceptors (Lipinski definition) is 3. The maximum atomic E-state index is 13.1. The standard InChI is InChI=1S/C28H37NO2S/c1-28(2,3)24-16-14-21(15-17-24)18-19-32-20-25(30)26(22-10-6-4-7-11-22)29-27(31)23-12-8-5-9-13-23/h5,8-9,12-17,22,26H,4,6-7,10-11,18-20H2,1-3H3,(H,29,31)/t26-/m0/s1. The highest BCUT2D eigenvalue weighted by Crippen LogP contribution is 2.28. The molecule has 0 bridgehead atoms. The van der Waals surface area contributed by atoms with Crippen molar-refractivity contribution in [3.63, 3.8) is 0 Å². The van der Waals surface area contributed by atoms with Crippen molar-refractivity contribution in [2.75, 3.05) is 11.5 Å². The number of hydrogen-bond donors (Lipinski definition) is 1. The molecule has 1 amide bonds. The Balaban J connectivity index is 1.53. The molecule has 1 saturated carbocycles. The summed E-state index contributed by atoms with van der Waals surface area (Å²) in [5.41, 5.74) is 3.43. The molecule has 1 aliphatic carbocycles. The van der Waals surface area contributed by atoms with Crippen LogP contribution in [0.15, 0.2) is 54.6 Å². The van der Waals surface area contributed by atoms with Gasteiger partial charge in [-0.2, -0.15) is 11.8 Å². The molecule has 0 saturated heterocycles. The molecule has 0 heterocycles. The first-order valence-electron chi connectivity index (χ1n) is 11.9. The highest BCUT2D eigenvalue weighted by molar-refractivity contribution is 7.99. The number of nitrogens with one attached hydrogen (secondary N) is 1. The van der Waals surface area contributed by atoms with Crippen molar-refractivity contribution >= 4 is 23.5 Å². The van der Waals surface area contributed by atoms with E-state index in [0.717, 1.165) is 37.9 Å². The number of carbonyl (C=O) groups excluding carboxylic acids is 2. The van der Waals surface area contributed by atoms with Gasteiger partial charge in [0, 0.05) is 5.56 Å². The summed E-state index contributed by atoms with van der Waals surface area (Å²) in [6, 6.07) is 17.7. The third-order valence-corrected chi connectivity index (χ3v) is 7.37. The second-order valence-corrected chi connectivity index (χ2v) is 11.0. The fourth-order valence-electron chi connectivity index (χ4n) is 4.37. The Hall–Kier alpha value is -2.07. The molecule has 3 nitrogen and oxygen atoms in total. The van der Waals surface area contributed by atoms with E-state index in [0.29, 0.717) is 11.3 Å². The van der Waals surface area contributed by atoms with E-state index < -0.39 is 0 Å². The van der Waals surface area contributed by atoms with Crippen LogP contribution in [0.25, 0.3) is 0 Å². The third-order valence-electron chi connectivity index (χ3n) is 6.39. The van der Waals surface area contributed by atoms with Crippen molar-refractivity contribution in [3.8, 4) is 0 Å². The zero-order valence-corrected chi connectivity index (χ0v) is 20.5. The summed E-state index contributed by atoms with van der Waals surface area (Å²) in [5.74, 6) is 1.64. The van der Waals surface area contributed by atoms with Crippen LogP contribution in [0.2, 0.25) is 0 Å². The van der Waals surface area contributed by atoms with Gasteiger partial charge >= 0.3 is 0 Å². The molecule has 0 unspecified atom stereocenters. The van der Waals surface area contributed by atoms with Gasteiger partial charge in [0.25, 0.3) is 5.91 Å². The average molecular weight is 452 g/mol. The summed E-state index contributed by atoms with van der Waals surface area (Å²) < 4.78 is 0. The summed E-state index contributed by atoms with van der Waals surface area (Å²) >= 11 is 1.68. The minimum atomic E-state index is -0.374. The zero-order chi connectivity index (χ0) is 23.0. The van der Waals surface area contributed by atoms with Crippen molar-refractivity contribution in [1.29, 1.82) is 0 Å². The molecule has 32 heavy (non-hydrogen) atoms. The van der Waals surface area contributed by atoms with Gasteiger partial charge in [0.1, 0.15) is 0 Å². The number of Topliss-reactive ketones (excluding diaryl/α,β-unsaturated/α-hetero) is 1. The molecule has 0 aliphatic heterocycles. The lowest BCUT2D eigenvalue weighted by atomic mass is 9.82. The average Bonchev–Trinajstić information content (AvgIpc) is 2.81. The van der Waals surface area contributed by atoms with Gasteiger partial charge in [-0.3, -0.25) is 9.59 Å². The Bertz CT molecular complexity index is 865. The lowest BCUT2D eigenvalue weighted by Crippen LogP contribution is -2.47. The maximum absolute atomic E-state index is 13.1. The molecule has 2 aromatic rings. The number of amides is 1. The van der Waals surface area contributed by atoms with Crippen LogP contribution in [0, 0.1) is 5.92 Å². The largest absolute Gasteiger partial charge is 0.342 e. The molecule has 1 atom stereocenters. The molecule has 172 valence electrons. The number of benzene rings is 2. The predicted molar refractivity (Wildman–Crippen MR) is 135 cm³/mol. The quantitative estimate of drug-likeness (QED) is 0.461. The molecular weight excluding hydrogens is 414 g/mol. The molecule has 1 fully saturated rings. The SMILES string of the molecule is CC(C)(C)c1ccc(CCSCC(=O)[C@@H](NC(=O)c2ccccc2)C2CCCCC2)cc1. The Kier molecular flexibility index (Phi) is 8.98. The summed E-state index contributed by atoms with van der Waals surface area (Å²) in [7, 11) is 0. The minimum absolute atomic E-state index is 0.140. The highest BCUT2D eigenvalue weighted by Gasteiger charge is 2.30. The van der Waals surface area contributed by atoms with Crippen molar-refractivity contribution < 1.29 is 9.59 Å². The molecule has 0 aromatic heterocycles. The van der Waals surface area contributed by atoms with E-state index >= 15 is 0 Å². The van der Waals surface area contributed by atoms with Gasteiger partial charge < -0.3 is 5.32 Å². The van der Waals surface area contributed by atoms with Crippen LogP contribution in [-0.4, -0.2) is 29.2 Å². The van der Waals surface area contributed by atoms with Gasteiger partial charge in [0.2, 0.25) is 0 Å². The second-order valence-electron chi connectivity index (χ2n) is 9.93. The molecule has 0 radical (unpaired) electrons. The van der Waals surface area contributed by atoms with Gasteiger partial charge in [-0.25, -0.2) is 0 Å². The Morgan fingerprint density at radius 3 is 2.25 bits per heavy atom. The van der Waals surface area contributed by atoms with Crippen molar-refractivity contribution in [2.24, 2.45) is 5.92 Å². The number of thioether (sulfide) groups is 1. The normalized spacial score (nSPS) is 15.8. The Morgan fingerprint density at radius 2 is 1.62 bits per heavy atom. The number of aryl methyl sites for hydroxylation is 1. The Labute approximate surface area is 197 Å². The van der Waals surface area contributed by atoms with Crippen molar-refractivity contribution in [3.05, 3.63) is 71.3 Å². The monoisotopic (exact) mass is 451 g/mol. The van der Waals surface area contributed by atoms with Gasteiger partial charge in [-0.05, 0) is 59.6 Å². The van der Waals surface area contributed by atoms with Crippen LogP contribution < -0.4 is 5.32 Å². The topological polar surface area (TPSA) is 46.2 Å². The van der Waals surface area contributed by atoms with E-state index in [9.17, 15) is 9.59 Å². The van der Waals surface area contributed by atoms with Crippen LogP contribution in [-0.2, 0) is 16.6 Å². The zero-order valence-electron chi connectivity index (χ0n) is 19.7. The summed E-state index contributed by atoms with van der Waals surface area (Å²) in [4.78, 5) is 25.9. The molecule has 0 spiro atoms. The van der Waals surface area contributed by atoms with E-state index in [4.69, 9.17) is 0 Å². The first-order chi connectivity index (χ1) is 15.3. The van der Waals surface area contributed by atoms with E-state index in [2.05, 4.69) is 50.4 Å². The molecule has 1 aliphatic rings. The summed E-state index contributed by atoms with van der Waals surface area (Å²) in [6.07, 6.45) is 6.52. The van der Waals surface area contributed by atoms with E-state index in [1.807, 2.05) is 18.2 Å². The lowest BCUT2D eigenvalue weighted by molar-refractivity contribution is -0.119. The molecule has 2 aromatic carbocycles. The summed E-state index contributed by atoms with van der Waals surface area (Å²) in [5, 5.41) is 3.08. The van der Waals surface area contributed by atoms with Crippen LogP contribution in [0.1, 0.15) is 74.4 Å². The van der Waals surface area contributed by atoms with E-state index in [1.54, 1.807) is 23.9 Å². The fraction of sp³-hybridized carbons (Fsp3) is 0.500. The number of ketones is 1. The molecule has 1 N–H and O–H groups in total. The van der Waals surface area contributed by atoms with Crippen LogP contribution in [0.4, 0.5) is 0 Å². The van der Waals surface area contributed by atoms with Crippen LogP contribution in [0.5, 0.6) is 0 Å². The molecule has 3 rings (SSSR count). The first-order valence-corrected chi connectivity index (χ1v) is 13.1.